The third kappa shape index (κ3) is 8.37. The van der Waals surface area contributed by atoms with Gasteiger partial charge >= 0.3 is 12.0 Å². The number of phenolic OH excluding ortho intramolecular Hbond substituents is 1. The van der Waals surface area contributed by atoms with Crippen LogP contribution in [0.15, 0.2) is 71.7 Å². The number of rotatable bonds is 13. The summed E-state index contributed by atoms with van der Waals surface area (Å²) < 4.78 is 66.9. The Morgan fingerprint density at radius 3 is 2.59 bits per heavy atom. The third-order valence-electron chi connectivity index (χ3n) is 17.5. The van der Waals surface area contributed by atoms with Gasteiger partial charge in [0.25, 0.3) is 11.5 Å². The molecule has 0 spiro atoms. The van der Waals surface area contributed by atoms with E-state index in [-0.39, 0.29) is 145 Å². The molecule has 10 heterocycles. The maximum atomic E-state index is 17.4. The van der Waals surface area contributed by atoms with Crippen molar-refractivity contribution in [2.24, 2.45) is 5.73 Å². The zero-order valence-electron chi connectivity index (χ0n) is 44.6. The molecule has 0 saturated carbocycles. The predicted octanol–water partition coefficient (Wildman–Crippen LogP) is 5.55. The standard InChI is InChI=1S/C60H55F3N10O9/c1-4-37-45(62)11-7-31-15-35(74)16-39(49(31)37)52-50(63)53-41(22-66-52)54(69-58(68-53)82-29-59-13-6-14-71(59)23-32(61)19-59)70-24-33-8-9-34(25-70)73(33)55(76)30(3)27-80-36-10-12-46-38(17-36)40(21-65-48(75)20-64)42-26-72-47(51(42)67-46)18-44-43(56(72)77)28-81-57(78)60(44,79)5-2/h1,7,10-12,15-18,22,32-34,74,79H,3,5-6,8-9,13-14,19-21,23-29,64H2,2H3,(H,65,75). The Hall–Kier alpha value is -8.65. The number of pyridine rings is 3. The number of carbonyl (C=O) groups excluding carboxylic acids is 3. The number of phenols is 1. The Kier molecular flexibility index (Phi) is 12.7. The fourth-order valence-electron chi connectivity index (χ4n) is 13.4. The number of hydrogen-bond acceptors (Lipinski definition) is 16. The van der Waals surface area contributed by atoms with Crippen LogP contribution in [0.1, 0.15) is 73.3 Å². The molecule has 6 aliphatic heterocycles. The highest BCUT2D eigenvalue weighted by Gasteiger charge is 2.50. The summed E-state index contributed by atoms with van der Waals surface area (Å²) in [5.74, 6) is -0.363. The lowest BCUT2D eigenvalue weighted by molar-refractivity contribution is -0.172. The first-order chi connectivity index (χ1) is 39.5. The molecule has 22 heteroatoms. The van der Waals surface area contributed by atoms with Crippen molar-refractivity contribution in [3.05, 3.63) is 117 Å². The van der Waals surface area contributed by atoms with Gasteiger partial charge in [0, 0.05) is 71.8 Å². The van der Waals surface area contributed by atoms with Gasteiger partial charge in [-0.1, -0.05) is 25.5 Å². The second-order valence-electron chi connectivity index (χ2n) is 22.1. The molecule has 5 N–H and O–H groups in total. The molecule has 19 nitrogen and oxygen atoms in total. The highest BCUT2D eigenvalue weighted by molar-refractivity contribution is 6.03. The van der Waals surface area contributed by atoms with Crippen molar-refractivity contribution in [2.75, 3.05) is 50.8 Å². The number of aromatic hydroxyl groups is 1. The van der Waals surface area contributed by atoms with E-state index in [1.807, 2.05) is 9.80 Å². The summed E-state index contributed by atoms with van der Waals surface area (Å²) >= 11 is 0. The van der Waals surface area contributed by atoms with E-state index in [1.54, 1.807) is 31.2 Å². The molecule has 420 valence electrons. The molecule has 6 aliphatic rings. The van der Waals surface area contributed by atoms with Crippen molar-refractivity contribution in [1.82, 2.24) is 39.6 Å². The molecule has 5 atom stereocenters. The lowest BCUT2D eigenvalue weighted by Crippen LogP contribution is -2.56. The van der Waals surface area contributed by atoms with E-state index in [0.29, 0.717) is 76.2 Å². The van der Waals surface area contributed by atoms with Crippen LogP contribution in [0.4, 0.5) is 19.0 Å². The van der Waals surface area contributed by atoms with E-state index in [4.69, 9.17) is 36.3 Å². The van der Waals surface area contributed by atoms with Crippen LogP contribution in [0.3, 0.4) is 0 Å². The van der Waals surface area contributed by atoms with Crippen LogP contribution in [0.2, 0.25) is 0 Å². The fourth-order valence-corrected chi connectivity index (χ4v) is 13.4. The quantitative estimate of drug-likeness (QED) is 0.0629. The molecule has 4 fully saturated rings. The van der Waals surface area contributed by atoms with Gasteiger partial charge in [0.1, 0.15) is 60.3 Å². The number of amides is 2. The molecular formula is C60H55F3N10O9. The number of aliphatic hydroxyl groups is 1. The normalized spacial score (nSPS) is 22.5. The van der Waals surface area contributed by atoms with Gasteiger partial charge in [-0.2, -0.15) is 9.97 Å². The van der Waals surface area contributed by atoms with Crippen LogP contribution in [-0.2, 0) is 44.4 Å². The lowest BCUT2D eigenvalue weighted by Gasteiger charge is -2.42. The smallest absolute Gasteiger partial charge is 0.343 e. The van der Waals surface area contributed by atoms with E-state index in [2.05, 4.69) is 32.7 Å². The van der Waals surface area contributed by atoms with Gasteiger partial charge in [0.2, 0.25) is 5.91 Å². The van der Waals surface area contributed by atoms with Gasteiger partial charge in [-0.15, -0.1) is 6.42 Å². The first kappa shape index (κ1) is 52.7. The number of hydrogen-bond donors (Lipinski definition) is 4. The number of benzene rings is 3. The van der Waals surface area contributed by atoms with Crippen LogP contribution >= 0.6 is 0 Å². The van der Waals surface area contributed by atoms with Gasteiger partial charge < -0.3 is 49.8 Å². The zero-order chi connectivity index (χ0) is 57.1. The van der Waals surface area contributed by atoms with Crippen molar-refractivity contribution < 1.29 is 52.0 Å². The highest BCUT2D eigenvalue weighted by atomic mass is 19.1. The first-order valence-electron chi connectivity index (χ1n) is 27.3. The minimum absolute atomic E-state index is 0.0162. The number of terminal acetylenes is 1. The number of aromatic nitrogens is 5. The number of nitrogens with one attached hydrogen (secondary N) is 1. The molecule has 0 aliphatic carbocycles. The molecule has 4 saturated heterocycles. The molecule has 0 radical (unpaired) electrons. The van der Waals surface area contributed by atoms with Crippen molar-refractivity contribution >= 4 is 56.2 Å². The molecule has 13 rings (SSSR count). The lowest BCUT2D eigenvalue weighted by atomic mass is 9.86. The maximum absolute atomic E-state index is 17.4. The van der Waals surface area contributed by atoms with Crippen molar-refractivity contribution in [2.45, 2.75) is 94.5 Å². The van der Waals surface area contributed by atoms with Crippen molar-refractivity contribution in [3.8, 4) is 52.5 Å². The second kappa shape index (κ2) is 19.8. The van der Waals surface area contributed by atoms with Crippen LogP contribution in [0.25, 0.3) is 55.2 Å². The molecule has 4 aromatic heterocycles. The Morgan fingerprint density at radius 2 is 1.82 bits per heavy atom. The number of halogens is 3. The van der Waals surface area contributed by atoms with Gasteiger partial charge in [-0.3, -0.25) is 24.3 Å². The number of carbonyl (C=O) groups is 3. The van der Waals surface area contributed by atoms with Crippen LogP contribution in [0, 0.1) is 24.0 Å². The predicted molar refractivity (Wildman–Crippen MR) is 294 cm³/mol. The fraction of sp³-hybridized carbons (Fsp3) is 0.367. The number of nitrogens with two attached hydrogens (primary N) is 1. The number of esters is 1. The van der Waals surface area contributed by atoms with Crippen LogP contribution in [0.5, 0.6) is 17.5 Å². The number of alkyl halides is 1. The summed E-state index contributed by atoms with van der Waals surface area (Å²) in [7, 11) is 0. The average Bonchev–Trinajstić information content (AvgIpc) is 3.24. The highest BCUT2D eigenvalue weighted by Crippen LogP contribution is 2.45. The third-order valence-corrected chi connectivity index (χ3v) is 17.5. The summed E-state index contributed by atoms with van der Waals surface area (Å²) in [5, 5.41) is 26.4. The molecule has 82 heavy (non-hydrogen) atoms. The molecule has 2 bridgehead atoms. The summed E-state index contributed by atoms with van der Waals surface area (Å²) in [4.78, 5) is 78.8. The monoisotopic (exact) mass is 1120 g/mol. The maximum Gasteiger partial charge on any atom is 0.343 e. The number of anilines is 1. The molecule has 3 aromatic carbocycles. The Bertz CT molecular complexity index is 4040. The Balaban J connectivity index is 0.777. The van der Waals surface area contributed by atoms with Crippen LogP contribution in [-0.4, -0.2) is 132 Å². The largest absolute Gasteiger partial charge is 0.508 e. The minimum atomic E-state index is -2.02. The number of piperazine rings is 1. The minimum Gasteiger partial charge on any atom is -0.508 e. The average molecular weight is 1120 g/mol. The number of cyclic esters (lactones) is 1. The molecular weight excluding hydrogens is 1060 g/mol. The summed E-state index contributed by atoms with van der Waals surface area (Å²) in [6, 6.07) is 11.2. The van der Waals surface area contributed by atoms with Crippen molar-refractivity contribution in [3.63, 3.8) is 0 Å². The van der Waals surface area contributed by atoms with E-state index in [1.165, 1.54) is 35.0 Å². The number of ether oxygens (including phenoxy) is 3. The summed E-state index contributed by atoms with van der Waals surface area (Å²) in [5.41, 5.74) is 5.27. The van der Waals surface area contributed by atoms with Gasteiger partial charge in [-0.25, -0.2) is 22.9 Å². The van der Waals surface area contributed by atoms with Gasteiger partial charge in [-0.05, 0) is 92.1 Å². The number of fused-ring (bicyclic) bond motifs is 10. The van der Waals surface area contributed by atoms with Gasteiger partial charge in [0.15, 0.2) is 11.4 Å². The second-order valence-corrected chi connectivity index (χ2v) is 22.1. The first-order valence-corrected chi connectivity index (χ1v) is 27.3. The van der Waals surface area contributed by atoms with E-state index in [9.17, 15) is 33.8 Å². The zero-order valence-corrected chi connectivity index (χ0v) is 44.6. The Morgan fingerprint density at radius 1 is 1.01 bits per heavy atom. The summed E-state index contributed by atoms with van der Waals surface area (Å²) in [6.45, 7) is 6.78. The van der Waals surface area contributed by atoms with E-state index >= 15 is 8.78 Å². The summed E-state index contributed by atoms with van der Waals surface area (Å²) in [6.07, 6.45) is 9.29. The van der Waals surface area contributed by atoms with Crippen LogP contribution < -0.4 is 31.0 Å². The van der Waals surface area contributed by atoms with E-state index < -0.39 is 46.4 Å². The molecule has 7 aromatic rings. The topological polar surface area (TPSA) is 241 Å². The Labute approximate surface area is 466 Å². The van der Waals surface area contributed by atoms with Crippen molar-refractivity contribution in [1.29, 1.82) is 0 Å². The van der Waals surface area contributed by atoms with Gasteiger partial charge in [0.05, 0.1) is 64.1 Å². The SMILES string of the molecule is C#Cc1c(F)ccc2cc(O)cc(-c3ncc4c(N5CC6CCC(C5)N6C(=O)C(=C)COc5ccc6nc7c(c(CNC(=O)CN)c6c5)Cn5c-7cc6c(c5=O)COC(=O)C6(O)CC)nc(OCC56CCCN5CC(F)C6)nc4c3F)c12. The molecule has 5 unspecified atom stereocenters. The molecule has 2 amide bonds. The number of nitrogens with zero attached hydrogens (tertiary/aromatic N) is 8. The van der Waals surface area contributed by atoms with E-state index in [0.717, 1.165) is 13.0 Å².